The Kier molecular flexibility index (Phi) is 3.17. The highest BCUT2D eigenvalue weighted by Gasteiger charge is 2.19. The summed E-state index contributed by atoms with van der Waals surface area (Å²) in [7, 11) is 0. The first kappa shape index (κ1) is 12.1. The molecule has 2 aromatic rings. The Morgan fingerprint density at radius 2 is 2.18 bits per heavy atom. The van der Waals surface area contributed by atoms with Gasteiger partial charge in [-0.15, -0.1) is 5.10 Å². The quantitative estimate of drug-likeness (QED) is 0.910. The molecule has 1 aromatic heterocycles. The predicted octanol–water partition coefficient (Wildman–Crippen LogP) is 2.21. The minimum absolute atomic E-state index is 0.555. The number of nitrogens with zero attached hydrogens (tertiary/aromatic N) is 3. The summed E-state index contributed by atoms with van der Waals surface area (Å²) in [5.74, 6) is 0. The summed E-state index contributed by atoms with van der Waals surface area (Å²) in [5.41, 5.74) is 0.635. The maximum atomic E-state index is 9.78. The molecule has 90 valence electrons. The standard InChI is InChI=1S/C12H14ClN3O/c1-12(2,17)11-8-16(15-14-11)7-9-4-3-5-10(13)6-9/h3-6,8,17H,7H2,1-2H3. The van der Waals surface area contributed by atoms with Crippen molar-refractivity contribution in [2.75, 3.05) is 0 Å². The molecule has 2 rings (SSSR count). The lowest BCUT2D eigenvalue weighted by atomic mass is 10.1. The predicted molar refractivity (Wildman–Crippen MR) is 65.8 cm³/mol. The normalized spacial score (nSPS) is 11.8. The van der Waals surface area contributed by atoms with Crippen molar-refractivity contribution in [1.29, 1.82) is 0 Å². The van der Waals surface area contributed by atoms with Crippen LogP contribution >= 0.6 is 11.6 Å². The maximum Gasteiger partial charge on any atom is 0.114 e. The van der Waals surface area contributed by atoms with Crippen molar-refractivity contribution in [3.8, 4) is 0 Å². The Hall–Kier alpha value is -1.39. The summed E-state index contributed by atoms with van der Waals surface area (Å²) in [6.45, 7) is 3.95. The molecule has 1 heterocycles. The van der Waals surface area contributed by atoms with E-state index < -0.39 is 5.60 Å². The summed E-state index contributed by atoms with van der Waals surface area (Å²) in [4.78, 5) is 0. The van der Waals surface area contributed by atoms with Crippen LogP contribution in [0.25, 0.3) is 0 Å². The lowest BCUT2D eigenvalue weighted by Gasteiger charge is -2.11. The first-order valence-electron chi connectivity index (χ1n) is 5.32. The van der Waals surface area contributed by atoms with Gasteiger partial charge in [0.1, 0.15) is 11.3 Å². The Morgan fingerprint density at radius 3 is 2.76 bits per heavy atom. The van der Waals surface area contributed by atoms with Gasteiger partial charge in [-0.2, -0.15) is 0 Å². The number of aromatic nitrogens is 3. The fraction of sp³-hybridized carbons (Fsp3) is 0.333. The van der Waals surface area contributed by atoms with Crippen LogP contribution < -0.4 is 0 Å². The van der Waals surface area contributed by atoms with Crippen molar-refractivity contribution in [2.45, 2.75) is 26.0 Å². The van der Waals surface area contributed by atoms with Crippen LogP contribution in [0, 0.1) is 0 Å². The Morgan fingerprint density at radius 1 is 1.41 bits per heavy atom. The molecule has 0 amide bonds. The molecule has 0 spiro atoms. The highest BCUT2D eigenvalue weighted by molar-refractivity contribution is 6.30. The van der Waals surface area contributed by atoms with Gasteiger partial charge >= 0.3 is 0 Å². The van der Waals surface area contributed by atoms with Gasteiger partial charge in [0.15, 0.2) is 0 Å². The maximum absolute atomic E-state index is 9.78. The van der Waals surface area contributed by atoms with Crippen LogP contribution in [-0.2, 0) is 12.1 Å². The molecule has 0 atom stereocenters. The lowest BCUT2D eigenvalue weighted by molar-refractivity contribution is 0.0737. The molecule has 0 saturated heterocycles. The smallest absolute Gasteiger partial charge is 0.114 e. The third-order valence-corrected chi connectivity index (χ3v) is 2.63. The second kappa shape index (κ2) is 4.47. The van der Waals surface area contributed by atoms with E-state index in [0.29, 0.717) is 17.3 Å². The first-order valence-corrected chi connectivity index (χ1v) is 5.70. The van der Waals surface area contributed by atoms with E-state index in [1.165, 1.54) is 0 Å². The highest BCUT2D eigenvalue weighted by Crippen LogP contribution is 2.17. The van der Waals surface area contributed by atoms with Gasteiger partial charge in [0.05, 0.1) is 12.7 Å². The summed E-state index contributed by atoms with van der Waals surface area (Å²) in [6, 6.07) is 7.57. The fourth-order valence-corrected chi connectivity index (χ4v) is 1.69. The Labute approximate surface area is 105 Å². The van der Waals surface area contributed by atoms with Crippen LogP contribution in [0.5, 0.6) is 0 Å². The number of hydrogen-bond acceptors (Lipinski definition) is 3. The van der Waals surface area contributed by atoms with E-state index in [2.05, 4.69) is 10.3 Å². The molecule has 0 saturated carbocycles. The van der Waals surface area contributed by atoms with Crippen LogP contribution in [0.3, 0.4) is 0 Å². The zero-order valence-corrected chi connectivity index (χ0v) is 10.5. The van der Waals surface area contributed by atoms with E-state index in [0.717, 1.165) is 5.56 Å². The van der Waals surface area contributed by atoms with Crippen molar-refractivity contribution in [1.82, 2.24) is 15.0 Å². The van der Waals surface area contributed by atoms with Crippen LogP contribution in [0.2, 0.25) is 5.02 Å². The average Bonchev–Trinajstić information content (AvgIpc) is 2.65. The Balaban J connectivity index is 2.17. The SMILES string of the molecule is CC(C)(O)c1cn(Cc2cccc(Cl)c2)nn1. The first-order chi connectivity index (χ1) is 7.95. The van der Waals surface area contributed by atoms with Crippen molar-refractivity contribution in [3.05, 3.63) is 46.7 Å². The van der Waals surface area contributed by atoms with Crippen molar-refractivity contribution < 1.29 is 5.11 Å². The van der Waals surface area contributed by atoms with Gasteiger partial charge in [0.2, 0.25) is 0 Å². The van der Waals surface area contributed by atoms with Crippen LogP contribution in [-0.4, -0.2) is 20.1 Å². The molecule has 1 N–H and O–H groups in total. The monoisotopic (exact) mass is 251 g/mol. The van der Waals surface area contributed by atoms with E-state index in [-0.39, 0.29) is 0 Å². The molecule has 4 nitrogen and oxygen atoms in total. The molecular weight excluding hydrogens is 238 g/mol. The third kappa shape index (κ3) is 3.05. The van der Waals surface area contributed by atoms with Gasteiger partial charge in [-0.3, -0.25) is 0 Å². The second-order valence-corrected chi connectivity index (χ2v) is 4.93. The van der Waals surface area contributed by atoms with Crippen LogP contribution in [0.15, 0.2) is 30.5 Å². The highest BCUT2D eigenvalue weighted by atomic mass is 35.5. The topological polar surface area (TPSA) is 50.9 Å². The summed E-state index contributed by atoms with van der Waals surface area (Å²) < 4.78 is 1.68. The molecule has 0 aliphatic carbocycles. The van der Waals surface area contributed by atoms with E-state index in [1.807, 2.05) is 24.3 Å². The minimum atomic E-state index is -0.966. The van der Waals surface area contributed by atoms with Crippen molar-refractivity contribution >= 4 is 11.6 Å². The van der Waals surface area contributed by atoms with Crippen molar-refractivity contribution in [2.24, 2.45) is 0 Å². The van der Waals surface area contributed by atoms with Gasteiger partial charge in [0, 0.05) is 5.02 Å². The van der Waals surface area contributed by atoms with E-state index in [1.54, 1.807) is 24.7 Å². The van der Waals surface area contributed by atoms with E-state index in [4.69, 9.17) is 11.6 Å². The lowest BCUT2D eigenvalue weighted by Crippen LogP contribution is -2.15. The number of halogens is 1. The zero-order valence-electron chi connectivity index (χ0n) is 9.76. The molecule has 5 heteroatoms. The second-order valence-electron chi connectivity index (χ2n) is 4.49. The van der Waals surface area contributed by atoms with Gasteiger partial charge in [0.25, 0.3) is 0 Å². The molecule has 0 aliphatic rings. The molecule has 0 radical (unpaired) electrons. The third-order valence-electron chi connectivity index (χ3n) is 2.40. The molecule has 17 heavy (non-hydrogen) atoms. The number of aliphatic hydroxyl groups is 1. The van der Waals surface area contributed by atoms with Gasteiger partial charge < -0.3 is 5.11 Å². The fourth-order valence-electron chi connectivity index (χ4n) is 1.48. The number of rotatable bonds is 3. The average molecular weight is 252 g/mol. The van der Waals surface area contributed by atoms with Gasteiger partial charge in [-0.1, -0.05) is 28.9 Å². The molecule has 1 aromatic carbocycles. The summed E-state index contributed by atoms with van der Waals surface area (Å²) in [5, 5.41) is 18.4. The largest absolute Gasteiger partial charge is 0.384 e. The molecule has 0 unspecified atom stereocenters. The van der Waals surface area contributed by atoms with Gasteiger partial charge in [-0.25, -0.2) is 4.68 Å². The molecular formula is C12H14ClN3O. The van der Waals surface area contributed by atoms with Crippen LogP contribution in [0.4, 0.5) is 0 Å². The van der Waals surface area contributed by atoms with Gasteiger partial charge in [-0.05, 0) is 31.5 Å². The molecule has 0 aliphatic heterocycles. The summed E-state index contributed by atoms with van der Waals surface area (Å²) in [6.07, 6.45) is 1.74. The van der Waals surface area contributed by atoms with Crippen LogP contribution in [0.1, 0.15) is 25.1 Å². The molecule has 0 bridgehead atoms. The minimum Gasteiger partial charge on any atom is -0.384 e. The number of benzene rings is 1. The van der Waals surface area contributed by atoms with E-state index in [9.17, 15) is 5.11 Å². The zero-order chi connectivity index (χ0) is 12.5. The number of hydrogen-bond donors (Lipinski definition) is 1. The molecule has 0 fully saturated rings. The van der Waals surface area contributed by atoms with E-state index >= 15 is 0 Å². The van der Waals surface area contributed by atoms with Crippen molar-refractivity contribution in [3.63, 3.8) is 0 Å². The summed E-state index contributed by atoms with van der Waals surface area (Å²) >= 11 is 5.90. The Bertz CT molecular complexity index is 516.